The van der Waals surface area contributed by atoms with Gasteiger partial charge in [-0.15, -0.1) is 0 Å². The van der Waals surface area contributed by atoms with Gasteiger partial charge in [-0.1, -0.05) is 34.8 Å². The minimum Gasteiger partial charge on any atom is -0.495 e. The normalized spacial score (nSPS) is 11.3. The largest absolute Gasteiger partial charge is 0.495 e. The third-order valence-electron chi connectivity index (χ3n) is 3.67. The molecule has 0 aliphatic heterocycles. The molecule has 0 atom stereocenters. The molecule has 0 saturated carbocycles. The summed E-state index contributed by atoms with van der Waals surface area (Å²) in [5, 5.41) is 4.09. The highest BCUT2D eigenvalue weighted by Gasteiger charge is 2.18. The third kappa shape index (κ3) is 4.10. The van der Waals surface area contributed by atoms with Crippen molar-refractivity contribution in [2.75, 3.05) is 11.8 Å². The monoisotopic (exact) mass is 459 g/mol. The number of nitrogens with one attached hydrogen (secondary N) is 1. The number of benzene rings is 2. The molecule has 0 spiro atoms. The Balaban J connectivity index is 1.94. The van der Waals surface area contributed by atoms with Crippen LogP contribution >= 0.6 is 34.8 Å². The SMILES string of the molecule is COc1ccc(Cl)cc1NS(=O)(=O)c1ccc(-n2ncc(Cl)c(Cl)c2=O)cc1. The number of rotatable bonds is 5. The van der Waals surface area contributed by atoms with Crippen LogP contribution in [0, 0.1) is 0 Å². The topological polar surface area (TPSA) is 90.3 Å². The summed E-state index contributed by atoms with van der Waals surface area (Å²) in [7, 11) is -2.52. The highest BCUT2D eigenvalue weighted by molar-refractivity contribution is 7.92. The molecule has 2 aromatic carbocycles. The van der Waals surface area contributed by atoms with Crippen molar-refractivity contribution in [3.63, 3.8) is 0 Å². The smallest absolute Gasteiger partial charge is 0.291 e. The highest BCUT2D eigenvalue weighted by Crippen LogP contribution is 2.30. The predicted molar refractivity (Wildman–Crippen MR) is 109 cm³/mol. The Labute approximate surface area is 175 Å². The highest BCUT2D eigenvalue weighted by atomic mass is 35.5. The minimum absolute atomic E-state index is 0.0294. The lowest BCUT2D eigenvalue weighted by Gasteiger charge is -2.12. The summed E-state index contributed by atoms with van der Waals surface area (Å²) < 4.78 is 33.9. The van der Waals surface area contributed by atoms with Crippen molar-refractivity contribution in [1.29, 1.82) is 0 Å². The van der Waals surface area contributed by atoms with E-state index in [4.69, 9.17) is 39.5 Å². The fourth-order valence-electron chi connectivity index (χ4n) is 2.33. The number of methoxy groups -OCH3 is 1. The van der Waals surface area contributed by atoms with Crippen LogP contribution in [0.5, 0.6) is 5.75 Å². The molecule has 7 nitrogen and oxygen atoms in total. The quantitative estimate of drug-likeness (QED) is 0.621. The average molecular weight is 461 g/mol. The Morgan fingerprint density at radius 2 is 1.75 bits per heavy atom. The maximum absolute atomic E-state index is 12.7. The summed E-state index contributed by atoms with van der Waals surface area (Å²) in [5.41, 5.74) is -0.101. The second-order valence-corrected chi connectivity index (χ2v) is 8.37. The van der Waals surface area contributed by atoms with Crippen LogP contribution in [0.4, 0.5) is 5.69 Å². The van der Waals surface area contributed by atoms with Gasteiger partial charge in [0.05, 0.1) is 34.6 Å². The average Bonchev–Trinajstić information content (AvgIpc) is 2.66. The molecule has 0 saturated heterocycles. The van der Waals surface area contributed by atoms with Crippen LogP contribution < -0.4 is 15.0 Å². The van der Waals surface area contributed by atoms with Crippen molar-refractivity contribution in [1.82, 2.24) is 9.78 Å². The summed E-state index contributed by atoms with van der Waals surface area (Å²) in [4.78, 5) is 12.1. The summed E-state index contributed by atoms with van der Waals surface area (Å²) in [6.07, 6.45) is 1.23. The zero-order valence-corrected chi connectivity index (χ0v) is 17.3. The first-order valence-corrected chi connectivity index (χ1v) is 10.2. The first-order valence-electron chi connectivity index (χ1n) is 7.63. The van der Waals surface area contributed by atoms with E-state index in [2.05, 4.69) is 9.82 Å². The summed E-state index contributed by atoms with van der Waals surface area (Å²) in [6, 6.07) is 10.0. The summed E-state index contributed by atoms with van der Waals surface area (Å²) in [5.74, 6) is 0.316. The Morgan fingerprint density at radius 3 is 2.39 bits per heavy atom. The molecule has 28 heavy (non-hydrogen) atoms. The van der Waals surface area contributed by atoms with Gasteiger partial charge in [-0.2, -0.15) is 9.78 Å². The van der Waals surface area contributed by atoms with E-state index >= 15 is 0 Å². The standard InChI is InChI=1S/C17H12Cl3N3O4S/c1-27-15-7-2-10(18)8-14(15)22-28(25,26)12-5-3-11(4-6-12)23-17(24)16(20)13(19)9-21-23/h2-9,22H,1H3. The lowest BCUT2D eigenvalue weighted by atomic mass is 10.3. The number of aromatic nitrogens is 2. The van der Waals surface area contributed by atoms with Gasteiger partial charge < -0.3 is 4.74 Å². The van der Waals surface area contributed by atoms with Gasteiger partial charge in [-0.3, -0.25) is 9.52 Å². The van der Waals surface area contributed by atoms with Gasteiger partial charge in [-0.25, -0.2) is 8.42 Å². The second kappa shape index (κ2) is 8.00. The molecule has 1 N–H and O–H groups in total. The summed E-state index contributed by atoms with van der Waals surface area (Å²) in [6.45, 7) is 0. The zero-order valence-electron chi connectivity index (χ0n) is 14.2. The van der Waals surface area contributed by atoms with Crippen molar-refractivity contribution >= 4 is 50.5 Å². The molecule has 1 heterocycles. The Kier molecular flexibility index (Phi) is 5.85. The van der Waals surface area contributed by atoms with Gasteiger partial charge in [0, 0.05) is 5.02 Å². The maximum atomic E-state index is 12.7. The van der Waals surface area contributed by atoms with Crippen molar-refractivity contribution in [2.24, 2.45) is 0 Å². The summed E-state index contributed by atoms with van der Waals surface area (Å²) >= 11 is 17.5. The number of hydrogen-bond donors (Lipinski definition) is 1. The van der Waals surface area contributed by atoms with E-state index in [9.17, 15) is 13.2 Å². The fourth-order valence-corrected chi connectivity index (χ4v) is 3.81. The number of sulfonamides is 1. The third-order valence-corrected chi connectivity index (χ3v) is 6.04. The van der Waals surface area contributed by atoms with Crippen LogP contribution in [0.1, 0.15) is 0 Å². The van der Waals surface area contributed by atoms with Gasteiger partial charge in [-0.05, 0) is 42.5 Å². The number of hydrogen-bond acceptors (Lipinski definition) is 5. The molecule has 146 valence electrons. The molecule has 0 aliphatic carbocycles. The van der Waals surface area contributed by atoms with Gasteiger partial charge in [0.1, 0.15) is 10.8 Å². The van der Waals surface area contributed by atoms with Crippen LogP contribution in [0.3, 0.4) is 0 Å². The van der Waals surface area contributed by atoms with Crippen LogP contribution in [0.15, 0.2) is 58.4 Å². The molecule has 0 amide bonds. The van der Waals surface area contributed by atoms with Crippen LogP contribution in [-0.2, 0) is 10.0 Å². The van der Waals surface area contributed by atoms with E-state index in [1.807, 2.05) is 0 Å². The molecule has 0 bridgehead atoms. The van der Waals surface area contributed by atoms with E-state index in [1.54, 1.807) is 12.1 Å². The molecular formula is C17H12Cl3N3O4S. The number of anilines is 1. The Bertz CT molecular complexity index is 1200. The van der Waals surface area contributed by atoms with Crippen molar-refractivity contribution in [2.45, 2.75) is 4.90 Å². The van der Waals surface area contributed by atoms with Crippen molar-refractivity contribution < 1.29 is 13.2 Å². The van der Waals surface area contributed by atoms with E-state index in [0.29, 0.717) is 16.5 Å². The van der Waals surface area contributed by atoms with Crippen LogP contribution in [-0.4, -0.2) is 25.3 Å². The molecule has 0 unspecified atom stereocenters. The zero-order chi connectivity index (χ0) is 20.5. The fraction of sp³-hybridized carbons (Fsp3) is 0.0588. The Hall–Kier alpha value is -2.26. The lowest BCUT2D eigenvalue weighted by molar-refractivity contribution is 0.417. The van der Waals surface area contributed by atoms with E-state index < -0.39 is 15.6 Å². The molecule has 3 aromatic rings. The van der Waals surface area contributed by atoms with Crippen molar-refractivity contribution in [3.8, 4) is 11.4 Å². The van der Waals surface area contributed by atoms with Gasteiger partial charge in [0.15, 0.2) is 0 Å². The van der Waals surface area contributed by atoms with Gasteiger partial charge in [0.25, 0.3) is 15.6 Å². The molecule has 11 heteroatoms. The second-order valence-electron chi connectivity index (χ2n) is 5.47. The molecule has 1 aromatic heterocycles. The van der Waals surface area contributed by atoms with Gasteiger partial charge >= 0.3 is 0 Å². The van der Waals surface area contributed by atoms with Crippen molar-refractivity contribution in [3.05, 3.63) is 74.1 Å². The maximum Gasteiger partial charge on any atom is 0.291 e. The number of nitrogens with zero attached hydrogens (tertiary/aromatic N) is 2. The van der Waals surface area contributed by atoms with Crippen LogP contribution in [0.2, 0.25) is 15.1 Å². The van der Waals surface area contributed by atoms with E-state index in [0.717, 1.165) is 4.68 Å². The molecule has 0 aliphatic rings. The lowest BCUT2D eigenvalue weighted by Crippen LogP contribution is -2.21. The first kappa shape index (κ1) is 20.5. The first-order chi connectivity index (χ1) is 13.2. The minimum atomic E-state index is -3.93. The predicted octanol–water partition coefficient (Wildman–Crippen LogP) is 4.00. The number of halogens is 3. The van der Waals surface area contributed by atoms with Crippen LogP contribution in [0.25, 0.3) is 5.69 Å². The van der Waals surface area contributed by atoms with E-state index in [-0.39, 0.29) is 20.6 Å². The molecule has 0 radical (unpaired) electrons. The Morgan fingerprint density at radius 1 is 1.07 bits per heavy atom. The molecule has 3 rings (SSSR count). The molecule has 0 fully saturated rings. The number of ether oxygens (including phenoxy) is 1. The van der Waals surface area contributed by atoms with Gasteiger partial charge in [0.2, 0.25) is 0 Å². The van der Waals surface area contributed by atoms with E-state index in [1.165, 1.54) is 43.6 Å². The molecular weight excluding hydrogens is 449 g/mol.